The van der Waals surface area contributed by atoms with E-state index in [9.17, 15) is 61.0 Å². The monoisotopic (exact) mass is 610 g/mol. The summed E-state index contributed by atoms with van der Waals surface area (Å²) in [5, 5.41) is 113. The number of hydrogen-bond donors (Lipinski definition) is 11. The number of benzene rings is 2. The van der Waals surface area contributed by atoms with Crippen molar-refractivity contribution in [1.82, 2.24) is 0 Å². The zero-order chi connectivity index (χ0) is 31.4. The smallest absolute Gasteiger partial charge is 0.239 e. The predicted molar refractivity (Wildman–Crippen MR) is 140 cm³/mol. The molecule has 5 rings (SSSR count). The predicted octanol–water partition coefficient (Wildman–Crippen LogP) is -2.30. The lowest BCUT2D eigenvalue weighted by atomic mass is 9.80. The zero-order valence-electron chi connectivity index (χ0n) is 22.1. The first kappa shape index (κ1) is 30.7. The second-order valence-electron chi connectivity index (χ2n) is 10.5. The van der Waals surface area contributed by atoms with Gasteiger partial charge in [0.05, 0.1) is 19.3 Å². The summed E-state index contributed by atoms with van der Waals surface area (Å²) in [5.74, 6) is -3.65. The van der Waals surface area contributed by atoms with Crippen LogP contribution in [-0.2, 0) is 9.47 Å². The first-order chi connectivity index (χ1) is 20.3. The van der Waals surface area contributed by atoms with Crippen molar-refractivity contribution >= 4 is 11.0 Å². The van der Waals surface area contributed by atoms with E-state index in [1.165, 1.54) is 6.07 Å². The highest BCUT2D eigenvalue weighted by atomic mass is 16.7. The molecule has 9 atom stereocenters. The van der Waals surface area contributed by atoms with Gasteiger partial charge in [0.2, 0.25) is 17.5 Å². The molecule has 0 saturated carbocycles. The van der Waals surface area contributed by atoms with E-state index in [0.29, 0.717) is 0 Å². The summed E-state index contributed by atoms with van der Waals surface area (Å²) in [6, 6.07) is 5.08. The van der Waals surface area contributed by atoms with Crippen LogP contribution >= 0.6 is 0 Å². The van der Waals surface area contributed by atoms with Crippen molar-refractivity contribution in [2.45, 2.75) is 61.0 Å². The molecule has 0 amide bonds. The average Bonchev–Trinajstić information content (AvgIpc) is 2.96. The lowest BCUT2D eigenvalue weighted by Crippen LogP contribution is -2.70. The van der Waals surface area contributed by atoms with Gasteiger partial charge in [0, 0.05) is 24.1 Å². The fourth-order valence-electron chi connectivity index (χ4n) is 5.20. The van der Waals surface area contributed by atoms with Crippen LogP contribution in [0.4, 0.5) is 0 Å². The number of hydrogen-bond acceptors (Lipinski definition) is 16. The van der Waals surface area contributed by atoms with Gasteiger partial charge < -0.3 is 74.8 Å². The van der Waals surface area contributed by atoms with Crippen LogP contribution in [0.15, 0.2) is 39.5 Å². The van der Waals surface area contributed by atoms with Crippen molar-refractivity contribution in [3.05, 3.63) is 40.6 Å². The number of phenols is 4. The van der Waals surface area contributed by atoms with Crippen LogP contribution in [0.5, 0.6) is 28.7 Å². The van der Waals surface area contributed by atoms with Crippen LogP contribution in [0, 0.1) is 0 Å². The van der Waals surface area contributed by atoms with Crippen molar-refractivity contribution in [2.75, 3.05) is 13.2 Å². The van der Waals surface area contributed by atoms with Crippen LogP contribution < -0.4 is 10.2 Å². The second kappa shape index (κ2) is 11.4. The molecule has 43 heavy (non-hydrogen) atoms. The summed E-state index contributed by atoms with van der Waals surface area (Å²) in [7, 11) is 0. The first-order valence-corrected chi connectivity index (χ1v) is 13.0. The van der Waals surface area contributed by atoms with Crippen molar-refractivity contribution in [1.29, 1.82) is 0 Å². The maximum Gasteiger partial charge on any atom is 0.239 e. The first-order valence-electron chi connectivity index (χ1n) is 13.0. The van der Waals surface area contributed by atoms with E-state index in [1.54, 1.807) is 0 Å². The lowest BCUT2D eigenvalue weighted by molar-refractivity contribution is -0.331. The number of aliphatic hydroxyl groups is 7. The normalized spacial score (nSPS) is 33.0. The molecule has 16 heteroatoms. The third-order valence-corrected chi connectivity index (χ3v) is 7.62. The zero-order valence-corrected chi connectivity index (χ0v) is 22.1. The average molecular weight is 611 g/mol. The standard InChI is InChI=1S/C27H30O16/c28-7-17-21(36)25(38)27(39,6-16-20(35)19(34)14(33)8-40-16)26(42-17)43-24-22(37)18-13(32)4-10(29)5-15(18)41-23(24)9-1-2-11(30)12(31)3-9/h1-5,14,16-17,19-21,25-26,28-36,38-39H,6-8H2/t14-,16-,17-,19-,20-,21-,25+,26-,27-/m1/s1. The molecule has 2 aromatic carbocycles. The molecule has 1 aromatic heterocycles. The quantitative estimate of drug-likeness (QED) is 0.131. The van der Waals surface area contributed by atoms with E-state index in [4.69, 9.17) is 18.6 Å². The molecule has 2 saturated heterocycles. The summed E-state index contributed by atoms with van der Waals surface area (Å²) < 4.78 is 22.5. The van der Waals surface area contributed by atoms with Crippen molar-refractivity contribution < 1.29 is 74.8 Å². The highest BCUT2D eigenvalue weighted by molar-refractivity contribution is 5.88. The third-order valence-electron chi connectivity index (χ3n) is 7.62. The molecule has 0 bridgehead atoms. The maximum atomic E-state index is 13.7. The van der Waals surface area contributed by atoms with Gasteiger partial charge in [-0.25, -0.2) is 0 Å². The minimum absolute atomic E-state index is 0.0890. The van der Waals surface area contributed by atoms with Gasteiger partial charge >= 0.3 is 0 Å². The number of ether oxygens (including phenoxy) is 3. The Morgan fingerprint density at radius 1 is 0.884 bits per heavy atom. The molecule has 11 N–H and O–H groups in total. The van der Waals surface area contributed by atoms with Gasteiger partial charge in [-0.15, -0.1) is 0 Å². The summed E-state index contributed by atoms with van der Waals surface area (Å²) in [5.41, 5.74) is -4.27. The van der Waals surface area contributed by atoms with E-state index in [1.807, 2.05) is 0 Å². The third kappa shape index (κ3) is 5.33. The Kier molecular flexibility index (Phi) is 8.16. The Bertz CT molecular complexity index is 1560. The van der Waals surface area contributed by atoms with Gasteiger partial charge in [0.25, 0.3) is 0 Å². The van der Waals surface area contributed by atoms with E-state index in [0.717, 1.165) is 24.3 Å². The van der Waals surface area contributed by atoms with Crippen LogP contribution in [0.25, 0.3) is 22.3 Å². The lowest BCUT2D eigenvalue weighted by Gasteiger charge is -2.49. The van der Waals surface area contributed by atoms with E-state index >= 15 is 0 Å². The highest BCUT2D eigenvalue weighted by Gasteiger charge is 2.58. The molecule has 0 aliphatic carbocycles. The Morgan fingerprint density at radius 3 is 2.28 bits per heavy atom. The van der Waals surface area contributed by atoms with Crippen LogP contribution in [-0.4, -0.2) is 124 Å². The topological polar surface area (TPSA) is 280 Å². The molecule has 0 radical (unpaired) electrons. The van der Waals surface area contributed by atoms with Crippen LogP contribution in [0.2, 0.25) is 0 Å². The van der Waals surface area contributed by atoms with Crippen LogP contribution in [0.1, 0.15) is 6.42 Å². The van der Waals surface area contributed by atoms with E-state index in [-0.39, 0.29) is 11.1 Å². The number of fused-ring (bicyclic) bond motifs is 1. The Labute approximate surface area is 241 Å². The van der Waals surface area contributed by atoms with E-state index < -0.39 is 120 Å². The Balaban J connectivity index is 1.66. The van der Waals surface area contributed by atoms with Crippen LogP contribution in [0.3, 0.4) is 0 Å². The van der Waals surface area contributed by atoms with Gasteiger partial charge in [0.1, 0.15) is 59.1 Å². The van der Waals surface area contributed by atoms with Gasteiger partial charge in [0.15, 0.2) is 22.9 Å². The Hall–Kier alpha value is -3.71. The molecule has 0 spiro atoms. The molecule has 234 valence electrons. The molecule has 2 fully saturated rings. The summed E-state index contributed by atoms with van der Waals surface area (Å²) >= 11 is 0. The number of aromatic hydroxyl groups is 4. The summed E-state index contributed by atoms with van der Waals surface area (Å²) in [6.45, 7) is -1.37. The van der Waals surface area contributed by atoms with Gasteiger partial charge in [-0.3, -0.25) is 4.79 Å². The minimum Gasteiger partial charge on any atom is -0.508 e. The fourth-order valence-corrected chi connectivity index (χ4v) is 5.20. The molecular formula is C27H30O16. The van der Waals surface area contributed by atoms with Gasteiger partial charge in [-0.1, -0.05) is 0 Å². The molecule has 3 heterocycles. The summed E-state index contributed by atoms with van der Waals surface area (Å²) in [6.07, 6.45) is -15.1. The number of phenolic OH excluding ortho intramolecular Hbond substituents is 4. The molecule has 0 unspecified atom stereocenters. The SMILES string of the molecule is O=c1c(O[C@H]2O[C@H](CO)[C@@H](O)[C@H](O)[C@]2(O)C[C@H]2OC[C@@H](O)[C@@H](O)[C@@H]2O)c(-c2ccc(O)c(O)c2)oc2cc(O)cc(O)c12. The Morgan fingerprint density at radius 2 is 1.60 bits per heavy atom. The van der Waals surface area contributed by atoms with Crippen molar-refractivity contribution in [3.63, 3.8) is 0 Å². The van der Waals surface area contributed by atoms with Crippen molar-refractivity contribution in [2.24, 2.45) is 0 Å². The molecule has 16 nitrogen and oxygen atoms in total. The minimum atomic E-state index is -2.74. The summed E-state index contributed by atoms with van der Waals surface area (Å²) in [4.78, 5) is 13.7. The maximum absolute atomic E-state index is 13.7. The molecule has 2 aliphatic heterocycles. The van der Waals surface area contributed by atoms with Crippen molar-refractivity contribution in [3.8, 4) is 40.1 Å². The van der Waals surface area contributed by atoms with E-state index in [2.05, 4.69) is 0 Å². The highest BCUT2D eigenvalue weighted by Crippen LogP contribution is 2.42. The fraction of sp³-hybridized carbons (Fsp3) is 0.444. The number of rotatable bonds is 6. The van der Waals surface area contributed by atoms with Gasteiger partial charge in [-0.05, 0) is 18.2 Å². The number of aliphatic hydroxyl groups excluding tert-OH is 6. The van der Waals surface area contributed by atoms with Gasteiger partial charge in [-0.2, -0.15) is 0 Å². The largest absolute Gasteiger partial charge is 0.508 e. The molecule has 2 aliphatic rings. The second-order valence-corrected chi connectivity index (χ2v) is 10.5. The molecular weight excluding hydrogens is 580 g/mol. The molecule has 3 aromatic rings.